The molecule has 2 nitrogen and oxygen atoms in total. The molecular formula is C12H15NOS. The van der Waals surface area contributed by atoms with Gasteiger partial charge in [-0.05, 0) is 37.3 Å². The van der Waals surface area contributed by atoms with Gasteiger partial charge in [-0.2, -0.15) is 17.0 Å². The van der Waals surface area contributed by atoms with Gasteiger partial charge in [0.15, 0.2) is 0 Å². The third-order valence-electron chi connectivity index (χ3n) is 2.86. The molecule has 1 saturated carbocycles. The van der Waals surface area contributed by atoms with Crippen LogP contribution in [0, 0.1) is 30.1 Å². The molecule has 0 aromatic carbocycles. The second-order valence-electron chi connectivity index (χ2n) is 4.11. The SMILES string of the molecule is Cc1ccoc1CSCC(C#N)C1CC1. The zero-order valence-electron chi connectivity index (χ0n) is 8.90. The minimum atomic E-state index is 0.255. The monoisotopic (exact) mass is 221 g/mol. The van der Waals surface area contributed by atoms with Gasteiger partial charge in [-0.25, -0.2) is 0 Å². The highest BCUT2D eigenvalue weighted by Crippen LogP contribution is 2.38. The lowest BCUT2D eigenvalue weighted by Gasteiger charge is -2.05. The van der Waals surface area contributed by atoms with Crippen LogP contribution < -0.4 is 0 Å². The fourth-order valence-corrected chi connectivity index (χ4v) is 2.81. The Kier molecular flexibility index (Phi) is 3.37. The smallest absolute Gasteiger partial charge is 0.116 e. The van der Waals surface area contributed by atoms with Crippen molar-refractivity contribution in [3.05, 3.63) is 23.7 Å². The van der Waals surface area contributed by atoms with Crippen LogP contribution in [0.3, 0.4) is 0 Å². The Balaban J connectivity index is 1.75. The molecule has 0 amide bonds. The summed E-state index contributed by atoms with van der Waals surface area (Å²) in [6.45, 7) is 2.06. The van der Waals surface area contributed by atoms with Crippen LogP contribution >= 0.6 is 11.8 Å². The van der Waals surface area contributed by atoms with Gasteiger partial charge in [0, 0.05) is 5.75 Å². The van der Waals surface area contributed by atoms with Crippen molar-refractivity contribution in [3.63, 3.8) is 0 Å². The fourth-order valence-electron chi connectivity index (χ4n) is 1.61. The van der Waals surface area contributed by atoms with Gasteiger partial charge in [-0.1, -0.05) is 0 Å². The summed E-state index contributed by atoms with van der Waals surface area (Å²) in [7, 11) is 0. The molecule has 0 aliphatic heterocycles. The second kappa shape index (κ2) is 4.76. The third kappa shape index (κ3) is 2.79. The van der Waals surface area contributed by atoms with Gasteiger partial charge in [-0.3, -0.25) is 0 Å². The van der Waals surface area contributed by atoms with Gasteiger partial charge in [0.05, 0.1) is 24.0 Å². The number of hydrogen-bond acceptors (Lipinski definition) is 3. The number of aryl methyl sites for hydroxylation is 1. The molecule has 15 heavy (non-hydrogen) atoms. The van der Waals surface area contributed by atoms with Crippen molar-refractivity contribution < 1.29 is 4.42 Å². The molecule has 3 heteroatoms. The number of nitriles is 1. The van der Waals surface area contributed by atoms with Crippen molar-refractivity contribution in [1.82, 2.24) is 0 Å². The molecule has 1 unspecified atom stereocenters. The molecule has 0 bridgehead atoms. The molecule has 0 N–H and O–H groups in total. The first-order valence-corrected chi connectivity index (χ1v) is 6.47. The lowest BCUT2D eigenvalue weighted by Crippen LogP contribution is -2.03. The van der Waals surface area contributed by atoms with Crippen molar-refractivity contribution in [2.24, 2.45) is 11.8 Å². The fraction of sp³-hybridized carbons (Fsp3) is 0.583. The minimum absolute atomic E-state index is 0.255. The van der Waals surface area contributed by atoms with Gasteiger partial charge in [-0.15, -0.1) is 0 Å². The van der Waals surface area contributed by atoms with Gasteiger partial charge in [0.1, 0.15) is 5.76 Å². The first-order valence-electron chi connectivity index (χ1n) is 5.31. The van der Waals surface area contributed by atoms with E-state index < -0.39 is 0 Å². The minimum Gasteiger partial charge on any atom is -0.468 e. The van der Waals surface area contributed by atoms with Crippen molar-refractivity contribution in [2.45, 2.75) is 25.5 Å². The molecule has 0 radical (unpaired) electrons. The molecule has 0 saturated heterocycles. The van der Waals surface area contributed by atoms with E-state index in [1.54, 1.807) is 6.26 Å². The van der Waals surface area contributed by atoms with Crippen molar-refractivity contribution in [2.75, 3.05) is 5.75 Å². The van der Waals surface area contributed by atoms with E-state index in [9.17, 15) is 0 Å². The molecule has 2 rings (SSSR count). The zero-order valence-corrected chi connectivity index (χ0v) is 9.72. The van der Waals surface area contributed by atoms with Gasteiger partial charge < -0.3 is 4.42 Å². The molecule has 1 fully saturated rings. The molecule has 1 heterocycles. The molecule has 1 aromatic rings. The van der Waals surface area contributed by atoms with Gasteiger partial charge in [0.2, 0.25) is 0 Å². The third-order valence-corrected chi connectivity index (χ3v) is 3.92. The van der Waals surface area contributed by atoms with Crippen LogP contribution in [0.2, 0.25) is 0 Å². The van der Waals surface area contributed by atoms with Crippen LogP contribution in [0.25, 0.3) is 0 Å². The summed E-state index contributed by atoms with van der Waals surface area (Å²) < 4.78 is 5.35. The van der Waals surface area contributed by atoms with Gasteiger partial charge >= 0.3 is 0 Å². The van der Waals surface area contributed by atoms with E-state index in [4.69, 9.17) is 9.68 Å². The topological polar surface area (TPSA) is 36.9 Å². The van der Waals surface area contributed by atoms with E-state index in [-0.39, 0.29) is 5.92 Å². The normalized spacial score (nSPS) is 17.3. The predicted molar refractivity (Wildman–Crippen MR) is 61.4 cm³/mol. The Hall–Kier alpha value is -0.880. The summed E-state index contributed by atoms with van der Waals surface area (Å²) in [5.74, 6) is 3.82. The summed E-state index contributed by atoms with van der Waals surface area (Å²) in [4.78, 5) is 0. The Morgan fingerprint density at radius 1 is 1.67 bits per heavy atom. The maximum absolute atomic E-state index is 8.96. The van der Waals surface area contributed by atoms with Crippen LogP contribution in [0.4, 0.5) is 0 Å². The molecule has 1 aromatic heterocycles. The number of rotatable bonds is 5. The average molecular weight is 221 g/mol. The first kappa shape index (κ1) is 10.6. The van der Waals surface area contributed by atoms with E-state index in [2.05, 4.69) is 13.0 Å². The largest absolute Gasteiger partial charge is 0.468 e. The van der Waals surface area contributed by atoms with Crippen LogP contribution in [-0.4, -0.2) is 5.75 Å². The number of nitrogens with zero attached hydrogens (tertiary/aromatic N) is 1. The van der Waals surface area contributed by atoms with Crippen LogP contribution in [-0.2, 0) is 5.75 Å². The van der Waals surface area contributed by atoms with E-state index in [1.165, 1.54) is 18.4 Å². The molecule has 0 spiro atoms. The van der Waals surface area contributed by atoms with E-state index >= 15 is 0 Å². The van der Waals surface area contributed by atoms with Crippen LogP contribution in [0.5, 0.6) is 0 Å². The Bertz CT molecular complexity index is 362. The summed E-state index contributed by atoms with van der Waals surface area (Å²) in [6.07, 6.45) is 4.23. The second-order valence-corrected chi connectivity index (χ2v) is 5.15. The Morgan fingerprint density at radius 2 is 2.47 bits per heavy atom. The molecule has 1 atom stereocenters. The number of thioether (sulfide) groups is 1. The maximum Gasteiger partial charge on any atom is 0.116 e. The van der Waals surface area contributed by atoms with Crippen LogP contribution in [0.1, 0.15) is 24.2 Å². The van der Waals surface area contributed by atoms with Gasteiger partial charge in [0.25, 0.3) is 0 Å². The zero-order chi connectivity index (χ0) is 10.7. The van der Waals surface area contributed by atoms with Crippen LogP contribution in [0.15, 0.2) is 16.7 Å². The first-order chi connectivity index (χ1) is 7.31. The lowest BCUT2D eigenvalue weighted by molar-refractivity contribution is 0.527. The van der Waals surface area contributed by atoms with E-state index in [0.717, 1.165) is 17.3 Å². The highest BCUT2D eigenvalue weighted by atomic mass is 32.2. The molecular weight excluding hydrogens is 206 g/mol. The summed E-state index contributed by atoms with van der Waals surface area (Å²) in [5.41, 5.74) is 1.21. The summed E-state index contributed by atoms with van der Waals surface area (Å²) >= 11 is 1.81. The van der Waals surface area contributed by atoms with E-state index in [1.807, 2.05) is 17.8 Å². The highest BCUT2D eigenvalue weighted by Gasteiger charge is 2.30. The number of hydrogen-bond donors (Lipinski definition) is 0. The quantitative estimate of drug-likeness (QED) is 0.765. The summed E-state index contributed by atoms with van der Waals surface area (Å²) in [6, 6.07) is 4.39. The average Bonchev–Trinajstić information content (AvgIpc) is 2.99. The molecule has 80 valence electrons. The highest BCUT2D eigenvalue weighted by molar-refractivity contribution is 7.98. The summed E-state index contributed by atoms with van der Waals surface area (Å²) in [5, 5.41) is 8.96. The maximum atomic E-state index is 8.96. The van der Waals surface area contributed by atoms with Crippen molar-refractivity contribution in [3.8, 4) is 6.07 Å². The van der Waals surface area contributed by atoms with Crippen molar-refractivity contribution in [1.29, 1.82) is 5.26 Å². The molecule has 1 aliphatic rings. The Labute approximate surface area is 94.7 Å². The standard InChI is InChI=1S/C12H15NOS/c1-9-4-5-14-12(9)8-15-7-11(6-13)10-2-3-10/h4-5,10-11H,2-3,7-8H2,1H3. The number of furan rings is 1. The molecule has 1 aliphatic carbocycles. The Morgan fingerprint density at radius 3 is 3.00 bits per heavy atom. The van der Waals surface area contributed by atoms with Crippen molar-refractivity contribution >= 4 is 11.8 Å². The lowest BCUT2D eigenvalue weighted by atomic mass is 10.1. The predicted octanol–water partition coefficient (Wildman–Crippen LogP) is 3.37. The van der Waals surface area contributed by atoms with E-state index in [0.29, 0.717) is 5.92 Å².